The lowest BCUT2D eigenvalue weighted by atomic mass is 9.98. The molecule has 158 valence electrons. The van der Waals surface area contributed by atoms with Crippen LogP contribution in [0.2, 0.25) is 0 Å². The number of carbonyl (C=O) groups excluding carboxylic acids is 3. The summed E-state index contributed by atoms with van der Waals surface area (Å²) in [6.45, 7) is 9.87. The molecule has 1 aliphatic heterocycles. The summed E-state index contributed by atoms with van der Waals surface area (Å²) < 4.78 is 5.15. The van der Waals surface area contributed by atoms with Crippen molar-refractivity contribution in [3.63, 3.8) is 0 Å². The Bertz CT molecular complexity index is 595. The summed E-state index contributed by atoms with van der Waals surface area (Å²) >= 11 is 0. The van der Waals surface area contributed by atoms with Crippen LogP contribution < -0.4 is 5.32 Å². The van der Waals surface area contributed by atoms with E-state index in [1.54, 1.807) is 31.7 Å². The van der Waals surface area contributed by atoms with Gasteiger partial charge < -0.3 is 19.9 Å². The summed E-state index contributed by atoms with van der Waals surface area (Å²) in [4.78, 5) is 40.0. The van der Waals surface area contributed by atoms with Gasteiger partial charge in [0.25, 0.3) is 0 Å². The number of hydrogen-bond acceptors (Lipinski definition) is 4. The Hall–Kier alpha value is -2.05. The molecule has 0 unspecified atom stereocenters. The van der Waals surface area contributed by atoms with Crippen molar-refractivity contribution < 1.29 is 19.1 Å². The molecule has 0 spiro atoms. The highest BCUT2D eigenvalue weighted by Gasteiger charge is 2.24. The first-order chi connectivity index (χ1) is 13.2. The van der Waals surface area contributed by atoms with Crippen LogP contribution >= 0.6 is 0 Å². The van der Waals surface area contributed by atoms with Gasteiger partial charge in [0, 0.05) is 45.2 Å². The minimum absolute atomic E-state index is 0.0131. The highest BCUT2D eigenvalue weighted by Crippen LogP contribution is 2.30. The molecule has 0 aromatic rings. The van der Waals surface area contributed by atoms with Crippen LogP contribution in [0.4, 0.5) is 4.79 Å². The second-order valence-corrected chi connectivity index (χ2v) is 8.75. The van der Waals surface area contributed by atoms with E-state index < -0.39 is 11.7 Å². The van der Waals surface area contributed by atoms with E-state index >= 15 is 0 Å². The third-order valence-electron chi connectivity index (χ3n) is 5.30. The van der Waals surface area contributed by atoms with E-state index in [-0.39, 0.29) is 24.8 Å². The molecule has 0 atom stereocenters. The molecule has 28 heavy (non-hydrogen) atoms. The van der Waals surface area contributed by atoms with Crippen molar-refractivity contribution in [1.82, 2.24) is 15.1 Å². The molecule has 0 aromatic carbocycles. The number of alkyl carbamates (subject to hydrolysis) is 1. The van der Waals surface area contributed by atoms with E-state index in [1.165, 1.54) is 31.3 Å². The molecular weight excluding hydrogens is 358 g/mol. The standard InChI is InChI=1S/C21H35N3O4/c1-16(17-7-5-6-8-17)15-19(26)24-13-11-23(12-14-24)18(25)9-10-22-20(27)28-21(2,3)4/h15,17H,5-14H2,1-4H3,(H,22,27)/b16-15+. The minimum atomic E-state index is -0.554. The zero-order valence-corrected chi connectivity index (χ0v) is 17.8. The van der Waals surface area contributed by atoms with Crippen LogP contribution in [0.15, 0.2) is 11.6 Å². The summed E-state index contributed by atoms with van der Waals surface area (Å²) in [7, 11) is 0. The van der Waals surface area contributed by atoms with Crippen molar-refractivity contribution in [2.24, 2.45) is 5.92 Å². The van der Waals surface area contributed by atoms with Crippen molar-refractivity contribution in [2.75, 3.05) is 32.7 Å². The Balaban J connectivity index is 1.69. The lowest BCUT2D eigenvalue weighted by molar-refractivity contribution is -0.137. The Morgan fingerprint density at radius 2 is 1.61 bits per heavy atom. The fraction of sp³-hybridized carbons (Fsp3) is 0.762. The number of allylic oxidation sites excluding steroid dienone is 1. The first kappa shape index (κ1) is 22.2. The normalized spacial score (nSPS) is 18.9. The lowest BCUT2D eigenvalue weighted by Gasteiger charge is -2.34. The molecule has 2 rings (SSSR count). The number of hydrogen-bond donors (Lipinski definition) is 1. The zero-order chi connectivity index (χ0) is 20.7. The van der Waals surface area contributed by atoms with Gasteiger partial charge >= 0.3 is 6.09 Å². The van der Waals surface area contributed by atoms with Crippen LogP contribution in [0.5, 0.6) is 0 Å². The lowest BCUT2D eigenvalue weighted by Crippen LogP contribution is -2.50. The van der Waals surface area contributed by atoms with E-state index in [9.17, 15) is 14.4 Å². The van der Waals surface area contributed by atoms with Gasteiger partial charge in [-0.25, -0.2) is 4.79 Å². The highest BCUT2D eigenvalue weighted by molar-refractivity contribution is 5.88. The van der Waals surface area contributed by atoms with Crippen molar-refractivity contribution in [3.05, 3.63) is 11.6 Å². The predicted octanol–water partition coefficient (Wildman–Crippen LogP) is 2.71. The third kappa shape index (κ3) is 7.17. The number of amides is 3. The summed E-state index contributed by atoms with van der Waals surface area (Å²) in [6.07, 6.45) is 6.40. The molecule has 0 bridgehead atoms. The molecule has 0 aromatic heterocycles. The summed E-state index contributed by atoms with van der Waals surface area (Å²) in [6, 6.07) is 0. The maximum Gasteiger partial charge on any atom is 0.407 e. The second-order valence-electron chi connectivity index (χ2n) is 8.75. The Kier molecular flexibility index (Phi) is 7.89. The number of rotatable bonds is 5. The highest BCUT2D eigenvalue weighted by atomic mass is 16.6. The van der Waals surface area contributed by atoms with Crippen molar-refractivity contribution in [2.45, 2.75) is 65.4 Å². The van der Waals surface area contributed by atoms with Gasteiger partial charge in [0.15, 0.2) is 0 Å². The van der Waals surface area contributed by atoms with E-state index in [4.69, 9.17) is 4.74 Å². The minimum Gasteiger partial charge on any atom is -0.444 e. The monoisotopic (exact) mass is 393 g/mol. The molecule has 2 aliphatic rings. The number of nitrogens with one attached hydrogen (secondary N) is 1. The number of ether oxygens (including phenoxy) is 1. The third-order valence-corrected chi connectivity index (χ3v) is 5.30. The van der Waals surface area contributed by atoms with E-state index in [0.29, 0.717) is 32.1 Å². The second kappa shape index (κ2) is 9.94. The van der Waals surface area contributed by atoms with Gasteiger partial charge in [-0.2, -0.15) is 0 Å². The Morgan fingerprint density at radius 3 is 2.18 bits per heavy atom. The molecule has 3 amide bonds. The SMILES string of the molecule is C/C(=C\C(=O)N1CCN(C(=O)CCNC(=O)OC(C)(C)C)CC1)C1CCCC1. The van der Waals surface area contributed by atoms with Gasteiger partial charge in [0.1, 0.15) is 5.60 Å². The van der Waals surface area contributed by atoms with E-state index in [0.717, 1.165) is 0 Å². The van der Waals surface area contributed by atoms with E-state index in [2.05, 4.69) is 12.2 Å². The van der Waals surface area contributed by atoms with Gasteiger partial charge in [0.2, 0.25) is 11.8 Å². The number of nitrogens with zero attached hydrogens (tertiary/aromatic N) is 2. The molecule has 1 aliphatic carbocycles. The number of piperazine rings is 1. The molecular formula is C21H35N3O4. The van der Waals surface area contributed by atoms with Gasteiger partial charge in [-0.1, -0.05) is 18.4 Å². The molecule has 0 radical (unpaired) electrons. The van der Waals surface area contributed by atoms with Gasteiger partial charge in [-0.05, 0) is 46.5 Å². The van der Waals surface area contributed by atoms with Crippen LogP contribution in [0, 0.1) is 5.92 Å². The van der Waals surface area contributed by atoms with Gasteiger partial charge in [-0.3, -0.25) is 9.59 Å². The fourth-order valence-electron chi connectivity index (χ4n) is 3.71. The topological polar surface area (TPSA) is 79.0 Å². The molecule has 1 saturated carbocycles. The predicted molar refractivity (Wildman–Crippen MR) is 108 cm³/mol. The van der Waals surface area contributed by atoms with Crippen LogP contribution in [-0.2, 0) is 14.3 Å². The molecule has 1 heterocycles. The quantitative estimate of drug-likeness (QED) is 0.729. The molecule has 7 heteroatoms. The molecule has 1 saturated heterocycles. The van der Waals surface area contributed by atoms with E-state index in [1.807, 2.05) is 4.90 Å². The fourth-order valence-corrected chi connectivity index (χ4v) is 3.71. The Labute approximate surface area is 168 Å². The van der Waals surface area contributed by atoms with Gasteiger partial charge in [-0.15, -0.1) is 0 Å². The van der Waals surface area contributed by atoms with Crippen LogP contribution in [0.25, 0.3) is 0 Å². The summed E-state index contributed by atoms with van der Waals surface area (Å²) in [5.41, 5.74) is 0.635. The zero-order valence-electron chi connectivity index (χ0n) is 17.8. The molecule has 7 nitrogen and oxygen atoms in total. The smallest absolute Gasteiger partial charge is 0.407 e. The largest absolute Gasteiger partial charge is 0.444 e. The summed E-state index contributed by atoms with van der Waals surface area (Å²) in [5, 5.41) is 2.60. The van der Waals surface area contributed by atoms with Crippen molar-refractivity contribution in [3.8, 4) is 0 Å². The average Bonchev–Trinajstić information content (AvgIpc) is 3.15. The average molecular weight is 394 g/mol. The van der Waals surface area contributed by atoms with Gasteiger partial charge in [0.05, 0.1) is 0 Å². The summed E-state index contributed by atoms with van der Waals surface area (Å²) in [5.74, 6) is 0.605. The first-order valence-electron chi connectivity index (χ1n) is 10.4. The Morgan fingerprint density at radius 1 is 1.04 bits per heavy atom. The molecule has 1 N–H and O–H groups in total. The van der Waals surface area contributed by atoms with Crippen LogP contribution in [-0.4, -0.2) is 66.0 Å². The first-order valence-corrected chi connectivity index (χ1v) is 10.4. The van der Waals surface area contributed by atoms with Crippen LogP contribution in [0.1, 0.15) is 59.8 Å². The van der Waals surface area contributed by atoms with Crippen molar-refractivity contribution >= 4 is 17.9 Å². The van der Waals surface area contributed by atoms with Crippen LogP contribution in [0.3, 0.4) is 0 Å². The number of carbonyl (C=O) groups is 3. The molecule has 2 fully saturated rings. The van der Waals surface area contributed by atoms with Crippen molar-refractivity contribution in [1.29, 1.82) is 0 Å². The maximum absolute atomic E-state index is 12.5. The maximum atomic E-state index is 12.5.